The first-order chi connectivity index (χ1) is 5.61. The Balaban J connectivity index is 2.64. The predicted octanol–water partition coefficient (Wildman–Crippen LogP) is 1.97. The topological polar surface area (TPSA) is 43.1 Å². The summed E-state index contributed by atoms with van der Waals surface area (Å²) in [5.74, 6) is 0.0779. The van der Waals surface area contributed by atoms with Crippen LogP contribution >= 0.6 is 27.3 Å². The number of carbonyl (C=O) groups excluding carboxylic acids is 1. The van der Waals surface area contributed by atoms with E-state index in [0.29, 0.717) is 6.42 Å². The molecule has 0 radical (unpaired) electrons. The number of halogens is 1. The number of hydrogen-bond donors (Lipinski definition) is 1. The molecule has 0 aliphatic heterocycles. The first-order valence-electron chi connectivity index (χ1n) is 3.61. The van der Waals surface area contributed by atoms with Crippen LogP contribution in [0.1, 0.15) is 12.5 Å². The molecule has 0 bridgehead atoms. The molecule has 12 heavy (non-hydrogen) atoms. The van der Waals surface area contributed by atoms with Crippen molar-refractivity contribution in [2.24, 2.45) is 5.73 Å². The van der Waals surface area contributed by atoms with Crippen LogP contribution in [0.4, 0.5) is 0 Å². The maximum atomic E-state index is 11.2. The molecule has 0 saturated carbocycles. The van der Waals surface area contributed by atoms with E-state index in [0.717, 1.165) is 9.35 Å². The molecule has 1 aromatic heterocycles. The number of nitrogens with two attached hydrogens (primary N) is 1. The molecule has 0 fully saturated rings. The molecule has 0 saturated heterocycles. The van der Waals surface area contributed by atoms with Crippen LogP contribution in [-0.2, 0) is 11.2 Å². The Labute approximate surface area is 83.9 Å². The predicted molar refractivity (Wildman–Crippen MR) is 54.4 cm³/mol. The molecule has 0 aliphatic carbocycles. The van der Waals surface area contributed by atoms with E-state index in [2.05, 4.69) is 15.9 Å². The molecule has 1 atom stereocenters. The Hall–Kier alpha value is -0.190. The maximum Gasteiger partial charge on any atom is 0.153 e. The van der Waals surface area contributed by atoms with Gasteiger partial charge < -0.3 is 5.73 Å². The minimum atomic E-state index is -0.364. The third-order valence-electron chi connectivity index (χ3n) is 1.57. The lowest BCUT2D eigenvalue weighted by atomic mass is 10.1. The number of ketones is 1. The van der Waals surface area contributed by atoms with Crippen molar-refractivity contribution in [2.75, 3.05) is 0 Å². The monoisotopic (exact) mass is 247 g/mol. The summed E-state index contributed by atoms with van der Waals surface area (Å²) in [4.78, 5) is 11.2. The third kappa shape index (κ3) is 2.40. The molecule has 0 aromatic carbocycles. The summed E-state index contributed by atoms with van der Waals surface area (Å²) in [5.41, 5.74) is 6.47. The number of thiophene rings is 1. The molecule has 1 rings (SSSR count). The first kappa shape index (κ1) is 9.89. The first-order valence-corrected chi connectivity index (χ1v) is 5.28. The third-order valence-corrected chi connectivity index (χ3v) is 3.38. The summed E-state index contributed by atoms with van der Waals surface area (Å²) in [6, 6.07) is 1.58. The van der Waals surface area contributed by atoms with Gasteiger partial charge in [0, 0.05) is 6.42 Å². The minimum Gasteiger partial charge on any atom is -0.322 e. The van der Waals surface area contributed by atoms with Gasteiger partial charge in [-0.25, -0.2) is 0 Å². The van der Waals surface area contributed by atoms with Crippen molar-refractivity contribution in [3.8, 4) is 0 Å². The zero-order valence-corrected chi connectivity index (χ0v) is 9.11. The molecule has 0 spiro atoms. The summed E-state index contributed by atoms with van der Waals surface area (Å²) in [5, 5.41) is 1.95. The van der Waals surface area contributed by atoms with Gasteiger partial charge in [-0.1, -0.05) is 0 Å². The van der Waals surface area contributed by atoms with Gasteiger partial charge in [-0.15, -0.1) is 11.3 Å². The quantitative estimate of drug-likeness (QED) is 0.888. The van der Waals surface area contributed by atoms with Gasteiger partial charge in [0.1, 0.15) is 0 Å². The van der Waals surface area contributed by atoms with Crippen molar-refractivity contribution in [1.29, 1.82) is 0 Å². The number of carbonyl (C=O) groups is 1. The number of Topliss-reactive ketones (excluding diaryl/α,β-unsaturated/α-hetero) is 1. The molecule has 2 N–H and O–H groups in total. The Kier molecular flexibility index (Phi) is 3.43. The largest absolute Gasteiger partial charge is 0.322 e. The Morgan fingerprint density at radius 1 is 1.83 bits per heavy atom. The van der Waals surface area contributed by atoms with Gasteiger partial charge in [0.25, 0.3) is 0 Å². The van der Waals surface area contributed by atoms with Crippen LogP contribution in [0.3, 0.4) is 0 Å². The molecule has 1 heterocycles. The van der Waals surface area contributed by atoms with Gasteiger partial charge in [-0.05, 0) is 39.9 Å². The highest BCUT2D eigenvalue weighted by Gasteiger charge is 2.10. The number of rotatable bonds is 3. The molecular formula is C8H10BrNOS. The normalized spacial score (nSPS) is 12.9. The van der Waals surface area contributed by atoms with E-state index in [1.807, 2.05) is 11.4 Å². The van der Waals surface area contributed by atoms with E-state index in [1.165, 1.54) is 0 Å². The SMILES string of the molecule is CC(N)C(=O)Cc1ccsc1Br. The lowest BCUT2D eigenvalue weighted by Crippen LogP contribution is -2.27. The molecule has 4 heteroatoms. The van der Waals surface area contributed by atoms with Crippen molar-refractivity contribution in [1.82, 2.24) is 0 Å². The van der Waals surface area contributed by atoms with Crippen LogP contribution in [0.15, 0.2) is 15.2 Å². The average Bonchev–Trinajstić information content (AvgIpc) is 2.36. The molecule has 0 aliphatic rings. The van der Waals surface area contributed by atoms with Crippen LogP contribution in [0, 0.1) is 0 Å². The lowest BCUT2D eigenvalue weighted by Gasteiger charge is -2.02. The van der Waals surface area contributed by atoms with E-state index in [4.69, 9.17) is 5.73 Å². The fourth-order valence-corrected chi connectivity index (χ4v) is 2.03. The summed E-state index contributed by atoms with van der Waals surface area (Å²) in [7, 11) is 0. The second-order valence-corrected chi connectivity index (χ2v) is 4.89. The van der Waals surface area contributed by atoms with Crippen molar-refractivity contribution >= 4 is 33.0 Å². The van der Waals surface area contributed by atoms with Gasteiger partial charge in [-0.3, -0.25) is 4.79 Å². The second kappa shape index (κ2) is 4.16. The van der Waals surface area contributed by atoms with Gasteiger partial charge in [0.05, 0.1) is 9.83 Å². The fraction of sp³-hybridized carbons (Fsp3) is 0.375. The van der Waals surface area contributed by atoms with Crippen molar-refractivity contribution in [3.05, 3.63) is 20.8 Å². The fourth-order valence-electron chi connectivity index (χ4n) is 0.794. The number of hydrogen-bond acceptors (Lipinski definition) is 3. The smallest absolute Gasteiger partial charge is 0.153 e. The van der Waals surface area contributed by atoms with Gasteiger partial charge in [0.15, 0.2) is 5.78 Å². The summed E-state index contributed by atoms with van der Waals surface area (Å²) >= 11 is 4.95. The highest BCUT2D eigenvalue weighted by atomic mass is 79.9. The van der Waals surface area contributed by atoms with Crippen molar-refractivity contribution in [2.45, 2.75) is 19.4 Å². The van der Waals surface area contributed by atoms with Crippen LogP contribution < -0.4 is 5.73 Å². The van der Waals surface area contributed by atoms with Crippen LogP contribution in [0.5, 0.6) is 0 Å². The molecular weight excluding hydrogens is 238 g/mol. The summed E-state index contributed by atoms with van der Waals surface area (Å²) in [6.07, 6.45) is 0.432. The molecule has 2 nitrogen and oxygen atoms in total. The van der Waals surface area contributed by atoms with E-state index < -0.39 is 0 Å². The van der Waals surface area contributed by atoms with E-state index in [9.17, 15) is 4.79 Å². The molecule has 1 unspecified atom stereocenters. The Bertz CT molecular complexity index is 282. The van der Waals surface area contributed by atoms with Crippen LogP contribution in [-0.4, -0.2) is 11.8 Å². The second-order valence-electron chi connectivity index (χ2n) is 2.65. The summed E-state index contributed by atoms with van der Waals surface area (Å²) in [6.45, 7) is 1.71. The Morgan fingerprint density at radius 3 is 2.92 bits per heavy atom. The molecule has 1 aromatic rings. The van der Waals surface area contributed by atoms with Crippen molar-refractivity contribution < 1.29 is 4.79 Å². The maximum absolute atomic E-state index is 11.2. The van der Waals surface area contributed by atoms with Gasteiger partial charge in [0.2, 0.25) is 0 Å². The standard InChI is InChI=1S/C8H10BrNOS/c1-5(10)7(11)4-6-2-3-12-8(6)9/h2-3,5H,4,10H2,1H3. The zero-order valence-electron chi connectivity index (χ0n) is 6.71. The van der Waals surface area contributed by atoms with Crippen LogP contribution in [0.2, 0.25) is 0 Å². The van der Waals surface area contributed by atoms with E-state index in [-0.39, 0.29) is 11.8 Å². The van der Waals surface area contributed by atoms with Crippen molar-refractivity contribution in [3.63, 3.8) is 0 Å². The van der Waals surface area contributed by atoms with Gasteiger partial charge in [-0.2, -0.15) is 0 Å². The summed E-state index contributed by atoms with van der Waals surface area (Å²) < 4.78 is 1.02. The average molecular weight is 248 g/mol. The minimum absolute atomic E-state index is 0.0779. The lowest BCUT2D eigenvalue weighted by molar-refractivity contribution is -0.119. The van der Waals surface area contributed by atoms with Gasteiger partial charge >= 0.3 is 0 Å². The highest BCUT2D eigenvalue weighted by Crippen LogP contribution is 2.23. The van der Waals surface area contributed by atoms with Crippen LogP contribution in [0.25, 0.3) is 0 Å². The molecule has 66 valence electrons. The zero-order chi connectivity index (χ0) is 9.14. The highest BCUT2D eigenvalue weighted by molar-refractivity contribution is 9.11. The Morgan fingerprint density at radius 2 is 2.50 bits per heavy atom. The molecule has 0 amide bonds. The van der Waals surface area contributed by atoms with E-state index >= 15 is 0 Å². The van der Waals surface area contributed by atoms with E-state index in [1.54, 1.807) is 18.3 Å².